The summed E-state index contributed by atoms with van der Waals surface area (Å²) in [5, 5.41) is 18.3. The van der Waals surface area contributed by atoms with Crippen LogP contribution in [0.2, 0.25) is 0 Å². The molecule has 0 aromatic rings. The van der Waals surface area contributed by atoms with Crippen molar-refractivity contribution >= 4 is 12.0 Å². The monoisotopic (exact) mass is 255 g/mol. The van der Waals surface area contributed by atoms with Crippen molar-refractivity contribution in [2.75, 3.05) is 6.54 Å². The van der Waals surface area contributed by atoms with Gasteiger partial charge in [-0.25, -0.2) is 0 Å². The number of nitrogens with one attached hydrogen (secondary N) is 1. The van der Waals surface area contributed by atoms with Crippen molar-refractivity contribution in [3.8, 4) is 0 Å². The second-order valence-electron chi connectivity index (χ2n) is 5.17. The number of likely N-dealkylation sites (tertiary alicyclic amines) is 1. The van der Waals surface area contributed by atoms with Gasteiger partial charge in [-0.15, -0.1) is 0 Å². The Morgan fingerprint density at radius 2 is 2.33 bits per heavy atom. The molecule has 1 saturated heterocycles. The van der Waals surface area contributed by atoms with Gasteiger partial charge in [0.05, 0.1) is 6.04 Å². The molecule has 1 rings (SSSR count). The SMILES string of the molecule is CCCC(C)C(=N)C1CCCN1C(O)C(N)C=O. The highest BCUT2D eigenvalue weighted by Crippen LogP contribution is 2.24. The van der Waals surface area contributed by atoms with Gasteiger partial charge in [-0.1, -0.05) is 20.3 Å². The summed E-state index contributed by atoms with van der Waals surface area (Å²) in [7, 11) is 0. The van der Waals surface area contributed by atoms with Crippen molar-refractivity contribution in [1.82, 2.24) is 4.90 Å². The predicted molar refractivity (Wildman–Crippen MR) is 71.6 cm³/mol. The average molecular weight is 255 g/mol. The van der Waals surface area contributed by atoms with Gasteiger partial charge in [0.2, 0.25) is 0 Å². The van der Waals surface area contributed by atoms with Gasteiger partial charge in [0.25, 0.3) is 0 Å². The topological polar surface area (TPSA) is 90.4 Å². The standard InChI is InChI=1S/C13H25N3O2/c1-3-5-9(2)12(15)11-6-4-7-16(11)13(18)10(14)8-17/h8-11,13,15,18H,3-7,14H2,1-2H3. The molecular formula is C13H25N3O2. The molecule has 4 N–H and O–H groups in total. The maximum Gasteiger partial charge on any atom is 0.140 e. The van der Waals surface area contributed by atoms with E-state index in [9.17, 15) is 9.90 Å². The Morgan fingerprint density at radius 1 is 1.67 bits per heavy atom. The number of carbonyl (C=O) groups excluding carboxylic acids is 1. The molecule has 5 nitrogen and oxygen atoms in total. The van der Waals surface area contributed by atoms with Crippen molar-refractivity contribution < 1.29 is 9.90 Å². The molecule has 0 bridgehead atoms. The maximum atomic E-state index is 10.7. The van der Waals surface area contributed by atoms with E-state index in [1.54, 1.807) is 4.90 Å². The van der Waals surface area contributed by atoms with E-state index in [4.69, 9.17) is 11.1 Å². The largest absolute Gasteiger partial charge is 0.376 e. The summed E-state index contributed by atoms with van der Waals surface area (Å²) < 4.78 is 0. The zero-order chi connectivity index (χ0) is 13.7. The first-order valence-corrected chi connectivity index (χ1v) is 6.75. The molecule has 18 heavy (non-hydrogen) atoms. The number of aliphatic hydroxyl groups excluding tert-OH is 1. The van der Waals surface area contributed by atoms with Crippen LogP contribution in [0, 0.1) is 11.3 Å². The second kappa shape index (κ2) is 6.97. The number of aliphatic hydroxyl groups is 1. The van der Waals surface area contributed by atoms with Crippen LogP contribution >= 0.6 is 0 Å². The van der Waals surface area contributed by atoms with E-state index in [-0.39, 0.29) is 12.0 Å². The van der Waals surface area contributed by atoms with Crippen molar-refractivity contribution in [3.05, 3.63) is 0 Å². The van der Waals surface area contributed by atoms with Crippen molar-refractivity contribution in [3.63, 3.8) is 0 Å². The molecule has 0 aliphatic carbocycles. The van der Waals surface area contributed by atoms with Crippen LogP contribution in [0.5, 0.6) is 0 Å². The molecule has 0 spiro atoms. The Bertz CT molecular complexity index is 296. The predicted octanol–water partition coefficient (Wildman–Crippen LogP) is 0.751. The van der Waals surface area contributed by atoms with Crippen LogP contribution in [0.3, 0.4) is 0 Å². The summed E-state index contributed by atoms with van der Waals surface area (Å²) in [6, 6.07) is -0.951. The van der Waals surface area contributed by atoms with Crippen LogP contribution in [0.15, 0.2) is 0 Å². The molecule has 1 fully saturated rings. The minimum absolute atomic E-state index is 0.0625. The highest BCUT2D eigenvalue weighted by Gasteiger charge is 2.36. The summed E-state index contributed by atoms with van der Waals surface area (Å²) in [4.78, 5) is 12.4. The molecule has 0 saturated carbocycles. The van der Waals surface area contributed by atoms with Gasteiger partial charge in [-0.2, -0.15) is 0 Å². The fraction of sp³-hybridized carbons (Fsp3) is 0.846. The third kappa shape index (κ3) is 3.37. The normalized spacial score (nSPS) is 25.7. The fourth-order valence-electron chi connectivity index (χ4n) is 2.65. The van der Waals surface area contributed by atoms with E-state index in [0.717, 1.165) is 25.7 Å². The number of aldehydes is 1. The molecule has 0 aromatic heterocycles. The Morgan fingerprint density at radius 3 is 2.89 bits per heavy atom. The smallest absolute Gasteiger partial charge is 0.140 e. The van der Waals surface area contributed by atoms with Gasteiger partial charge < -0.3 is 21.0 Å². The average Bonchev–Trinajstić information content (AvgIpc) is 2.85. The fourth-order valence-corrected chi connectivity index (χ4v) is 2.65. The Kier molecular flexibility index (Phi) is 5.91. The van der Waals surface area contributed by atoms with E-state index >= 15 is 0 Å². The summed E-state index contributed by atoms with van der Waals surface area (Å²) >= 11 is 0. The van der Waals surface area contributed by atoms with Crippen LogP contribution < -0.4 is 5.73 Å². The van der Waals surface area contributed by atoms with E-state index in [1.165, 1.54) is 0 Å². The van der Waals surface area contributed by atoms with Gasteiger partial charge >= 0.3 is 0 Å². The van der Waals surface area contributed by atoms with E-state index in [0.29, 0.717) is 18.5 Å². The van der Waals surface area contributed by atoms with Gasteiger partial charge in [0.15, 0.2) is 0 Å². The summed E-state index contributed by atoms with van der Waals surface area (Å²) in [5.74, 6) is 0.222. The van der Waals surface area contributed by atoms with Crippen molar-refractivity contribution in [1.29, 1.82) is 5.41 Å². The molecule has 4 atom stereocenters. The lowest BCUT2D eigenvalue weighted by molar-refractivity contribution is -0.114. The molecule has 0 amide bonds. The first-order chi connectivity index (χ1) is 8.52. The van der Waals surface area contributed by atoms with Crippen LogP contribution in [0.4, 0.5) is 0 Å². The minimum Gasteiger partial charge on any atom is -0.376 e. The number of nitrogens with zero attached hydrogens (tertiary/aromatic N) is 1. The number of nitrogens with two attached hydrogens (primary N) is 1. The number of carbonyl (C=O) groups is 1. The van der Waals surface area contributed by atoms with Crippen LogP contribution in [-0.2, 0) is 4.79 Å². The third-order valence-corrected chi connectivity index (χ3v) is 3.75. The highest BCUT2D eigenvalue weighted by molar-refractivity contribution is 5.89. The molecule has 0 aromatic carbocycles. The Balaban J connectivity index is 2.69. The zero-order valence-corrected chi connectivity index (χ0v) is 11.3. The second-order valence-corrected chi connectivity index (χ2v) is 5.17. The van der Waals surface area contributed by atoms with Crippen LogP contribution in [0.1, 0.15) is 39.5 Å². The Labute approximate surface area is 109 Å². The summed E-state index contributed by atoms with van der Waals surface area (Å²) in [6.07, 6.45) is 3.44. The van der Waals surface area contributed by atoms with Gasteiger partial charge in [-0.3, -0.25) is 4.90 Å². The van der Waals surface area contributed by atoms with Crippen LogP contribution in [0.25, 0.3) is 0 Å². The molecule has 4 unspecified atom stereocenters. The van der Waals surface area contributed by atoms with Gasteiger partial charge in [0.1, 0.15) is 18.6 Å². The molecule has 1 aliphatic heterocycles. The maximum absolute atomic E-state index is 10.7. The lowest BCUT2D eigenvalue weighted by Crippen LogP contribution is -2.53. The third-order valence-electron chi connectivity index (χ3n) is 3.75. The summed E-state index contributed by atoms with van der Waals surface area (Å²) in [6.45, 7) is 4.86. The Hall–Kier alpha value is -0.780. The van der Waals surface area contributed by atoms with E-state index < -0.39 is 12.3 Å². The van der Waals surface area contributed by atoms with Crippen LogP contribution in [-0.4, -0.2) is 46.9 Å². The first kappa shape index (κ1) is 15.3. The zero-order valence-electron chi connectivity index (χ0n) is 11.3. The number of hydrogen-bond donors (Lipinski definition) is 3. The quantitative estimate of drug-likeness (QED) is 0.462. The molecule has 1 aliphatic rings. The van der Waals surface area contributed by atoms with Gasteiger partial charge in [0, 0.05) is 12.3 Å². The van der Waals surface area contributed by atoms with E-state index in [2.05, 4.69) is 6.92 Å². The lowest BCUT2D eigenvalue weighted by Gasteiger charge is -2.33. The van der Waals surface area contributed by atoms with Gasteiger partial charge in [-0.05, 0) is 25.2 Å². The highest BCUT2D eigenvalue weighted by atomic mass is 16.3. The molecule has 104 valence electrons. The number of rotatable bonds is 7. The molecule has 1 heterocycles. The van der Waals surface area contributed by atoms with E-state index in [1.807, 2.05) is 6.92 Å². The first-order valence-electron chi connectivity index (χ1n) is 6.75. The van der Waals surface area contributed by atoms with Crippen molar-refractivity contribution in [2.45, 2.75) is 57.8 Å². The lowest BCUT2D eigenvalue weighted by atomic mass is 9.93. The number of hydrogen-bond acceptors (Lipinski definition) is 5. The summed E-state index contributed by atoms with van der Waals surface area (Å²) in [5.41, 5.74) is 6.22. The molecule has 0 radical (unpaired) electrons. The molecular weight excluding hydrogens is 230 g/mol. The van der Waals surface area contributed by atoms with Crippen molar-refractivity contribution in [2.24, 2.45) is 11.7 Å². The minimum atomic E-state index is -0.968. The molecule has 5 heteroatoms.